The Morgan fingerprint density at radius 2 is 2.35 bits per heavy atom. The molecule has 0 radical (unpaired) electrons. The van der Waals surface area contributed by atoms with Crippen molar-refractivity contribution in [2.75, 3.05) is 24.7 Å². The van der Waals surface area contributed by atoms with Crippen LogP contribution in [0.2, 0.25) is 0 Å². The average molecular weight is 251 g/mol. The molecule has 1 aliphatic rings. The lowest BCUT2D eigenvalue weighted by Crippen LogP contribution is -2.31. The molecule has 0 saturated heterocycles. The Balaban J connectivity index is 1.92. The van der Waals surface area contributed by atoms with Gasteiger partial charge in [0.25, 0.3) is 0 Å². The smallest absolute Gasteiger partial charge is 0.325 e. The molecule has 90 valence electrons. The maximum Gasteiger partial charge on any atom is 0.325 e. The Morgan fingerprint density at radius 1 is 1.47 bits per heavy atom. The number of thioether (sulfide) groups is 1. The van der Waals surface area contributed by atoms with Crippen LogP contribution in [0.25, 0.3) is 0 Å². The first-order valence-electron chi connectivity index (χ1n) is 5.17. The number of urea groups is 1. The second-order valence-electron chi connectivity index (χ2n) is 3.35. The van der Waals surface area contributed by atoms with Gasteiger partial charge < -0.3 is 10.1 Å². The highest BCUT2D eigenvalue weighted by Crippen LogP contribution is 2.16. The number of amidine groups is 1. The Morgan fingerprint density at radius 3 is 3.06 bits per heavy atom. The van der Waals surface area contributed by atoms with Gasteiger partial charge in [0, 0.05) is 17.5 Å². The summed E-state index contributed by atoms with van der Waals surface area (Å²) in [5.41, 5.74) is 0.686. The third-order valence-electron chi connectivity index (χ3n) is 2.13. The van der Waals surface area contributed by atoms with Crippen molar-refractivity contribution in [2.24, 2.45) is 4.99 Å². The molecular formula is C11H13N3O2S. The zero-order chi connectivity index (χ0) is 12.1. The fraction of sp³-hybridized carbons (Fsp3) is 0.273. The second-order valence-corrected chi connectivity index (χ2v) is 4.43. The van der Waals surface area contributed by atoms with E-state index in [9.17, 15) is 4.79 Å². The van der Waals surface area contributed by atoms with Gasteiger partial charge in [-0.25, -0.2) is 4.79 Å². The molecule has 0 bridgehead atoms. The van der Waals surface area contributed by atoms with Crippen molar-refractivity contribution in [2.45, 2.75) is 0 Å². The standard InChI is InChI=1S/C11H13N3O2S/c1-16-9-4-2-3-8(7-9)13-10(15)14-11-12-5-6-17-11/h2-4,7H,5-6H2,1H3,(H2,12,13,14,15). The van der Waals surface area contributed by atoms with Crippen molar-refractivity contribution >= 4 is 28.6 Å². The van der Waals surface area contributed by atoms with Gasteiger partial charge in [-0.3, -0.25) is 10.3 Å². The molecule has 2 rings (SSSR count). The minimum absolute atomic E-state index is 0.286. The zero-order valence-corrected chi connectivity index (χ0v) is 10.2. The van der Waals surface area contributed by atoms with Gasteiger partial charge in [-0.05, 0) is 12.1 Å². The van der Waals surface area contributed by atoms with Crippen LogP contribution in [-0.2, 0) is 0 Å². The number of ether oxygens (including phenoxy) is 1. The molecule has 17 heavy (non-hydrogen) atoms. The zero-order valence-electron chi connectivity index (χ0n) is 9.40. The average Bonchev–Trinajstić information content (AvgIpc) is 2.82. The molecule has 2 amide bonds. The monoisotopic (exact) mass is 251 g/mol. The molecule has 0 atom stereocenters. The van der Waals surface area contributed by atoms with Gasteiger partial charge in [-0.2, -0.15) is 0 Å². The van der Waals surface area contributed by atoms with E-state index < -0.39 is 0 Å². The Bertz CT molecular complexity index is 448. The summed E-state index contributed by atoms with van der Waals surface area (Å²) < 4.78 is 5.07. The van der Waals surface area contributed by atoms with Gasteiger partial charge >= 0.3 is 6.03 Å². The van der Waals surface area contributed by atoms with Gasteiger partial charge in [0.1, 0.15) is 5.75 Å². The molecule has 0 fully saturated rings. The fourth-order valence-corrected chi connectivity index (χ4v) is 2.09. The maximum absolute atomic E-state index is 11.6. The first kappa shape index (κ1) is 11.8. The van der Waals surface area contributed by atoms with Crippen LogP contribution in [0, 0.1) is 0 Å². The Labute approximate surface area is 104 Å². The summed E-state index contributed by atoms with van der Waals surface area (Å²) in [5.74, 6) is 1.63. The first-order valence-corrected chi connectivity index (χ1v) is 6.16. The van der Waals surface area contributed by atoms with Crippen molar-refractivity contribution < 1.29 is 9.53 Å². The summed E-state index contributed by atoms with van der Waals surface area (Å²) >= 11 is 1.54. The number of carbonyl (C=O) groups excluding carboxylic acids is 1. The topological polar surface area (TPSA) is 62.7 Å². The van der Waals surface area contributed by atoms with E-state index in [4.69, 9.17) is 4.74 Å². The molecule has 1 aliphatic heterocycles. The van der Waals surface area contributed by atoms with E-state index in [2.05, 4.69) is 15.6 Å². The molecule has 6 heteroatoms. The van der Waals surface area contributed by atoms with E-state index >= 15 is 0 Å². The minimum atomic E-state index is -0.286. The van der Waals surface area contributed by atoms with Crippen molar-refractivity contribution in [1.29, 1.82) is 0 Å². The molecule has 5 nitrogen and oxygen atoms in total. The lowest BCUT2D eigenvalue weighted by molar-refractivity contribution is 0.256. The SMILES string of the molecule is COc1cccc(NC(=O)NC2=NCCS2)c1. The summed E-state index contributed by atoms with van der Waals surface area (Å²) in [4.78, 5) is 15.7. The molecule has 1 aromatic rings. The highest BCUT2D eigenvalue weighted by molar-refractivity contribution is 8.14. The van der Waals surface area contributed by atoms with Crippen LogP contribution < -0.4 is 15.4 Å². The van der Waals surface area contributed by atoms with Gasteiger partial charge in [0.15, 0.2) is 5.17 Å². The van der Waals surface area contributed by atoms with Crippen molar-refractivity contribution in [3.05, 3.63) is 24.3 Å². The highest BCUT2D eigenvalue weighted by Gasteiger charge is 2.10. The van der Waals surface area contributed by atoms with E-state index in [0.29, 0.717) is 16.6 Å². The third kappa shape index (κ3) is 3.39. The van der Waals surface area contributed by atoms with Gasteiger partial charge in [-0.1, -0.05) is 17.8 Å². The van der Waals surface area contributed by atoms with Crippen LogP contribution in [-0.4, -0.2) is 30.6 Å². The van der Waals surface area contributed by atoms with E-state index in [-0.39, 0.29) is 6.03 Å². The number of rotatable bonds is 2. The normalized spacial score (nSPS) is 14.1. The van der Waals surface area contributed by atoms with Crippen LogP contribution >= 0.6 is 11.8 Å². The van der Waals surface area contributed by atoms with Crippen LogP contribution in [0.15, 0.2) is 29.3 Å². The summed E-state index contributed by atoms with van der Waals surface area (Å²) in [7, 11) is 1.59. The number of nitrogens with one attached hydrogen (secondary N) is 2. The van der Waals surface area contributed by atoms with Crippen LogP contribution in [0.4, 0.5) is 10.5 Å². The molecule has 0 spiro atoms. The number of carbonyl (C=O) groups is 1. The number of hydrogen-bond donors (Lipinski definition) is 2. The Hall–Kier alpha value is -1.69. The Kier molecular flexibility index (Phi) is 3.87. The van der Waals surface area contributed by atoms with Crippen LogP contribution in [0.1, 0.15) is 0 Å². The number of methoxy groups -OCH3 is 1. The number of amides is 2. The lowest BCUT2D eigenvalue weighted by Gasteiger charge is -2.07. The van der Waals surface area contributed by atoms with E-state index in [1.165, 1.54) is 0 Å². The molecule has 0 aromatic heterocycles. The van der Waals surface area contributed by atoms with E-state index in [1.807, 2.05) is 12.1 Å². The number of benzene rings is 1. The largest absolute Gasteiger partial charge is 0.497 e. The van der Waals surface area contributed by atoms with Gasteiger partial charge in [0.2, 0.25) is 0 Å². The predicted octanol–water partition coefficient (Wildman–Crippen LogP) is 1.92. The summed E-state index contributed by atoms with van der Waals surface area (Å²) in [6.07, 6.45) is 0. The summed E-state index contributed by atoms with van der Waals surface area (Å²) in [6.45, 7) is 0.763. The van der Waals surface area contributed by atoms with Crippen LogP contribution in [0.5, 0.6) is 5.75 Å². The van der Waals surface area contributed by atoms with Crippen molar-refractivity contribution in [1.82, 2.24) is 5.32 Å². The van der Waals surface area contributed by atoms with Gasteiger partial charge in [-0.15, -0.1) is 0 Å². The third-order valence-corrected chi connectivity index (χ3v) is 3.02. The fourth-order valence-electron chi connectivity index (χ4n) is 1.37. The maximum atomic E-state index is 11.6. The molecular weight excluding hydrogens is 238 g/mol. The number of hydrogen-bond acceptors (Lipinski definition) is 4. The summed E-state index contributed by atoms with van der Waals surface area (Å²) in [5, 5.41) is 6.08. The van der Waals surface area contributed by atoms with Crippen molar-refractivity contribution in [3.8, 4) is 5.75 Å². The molecule has 0 saturated carbocycles. The van der Waals surface area contributed by atoms with Crippen LogP contribution in [0.3, 0.4) is 0 Å². The minimum Gasteiger partial charge on any atom is -0.497 e. The predicted molar refractivity (Wildman–Crippen MR) is 69.9 cm³/mol. The lowest BCUT2D eigenvalue weighted by atomic mass is 10.3. The summed E-state index contributed by atoms with van der Waals surface area (Å²) in [6, 6.07) is 6.90. The van der Waals surface area contributed by atoms with Gasteiger partial charge in [0.05, 0.1) is 13.7 Å². The molecule has 2 N–H and O–H groups in total. The number of aliphatic imine (C=N–C) groups is 1. The number of anilines is 1. The molecule has 0 unspecified atom stereocenters. The quantitative estimate of drug-likeness (QED) is 0.844. The molecule has 1 aromatic carbocycles. The molecule has 1 heterocycles. The molecule has 0 aliphatic carbocycles. The van der Waals surface area contributed by atoms with E-state index in [0.717, 1.165) is 12.3 Å². The number of nitrogens with zero attached hydrogens (tertiary/aromatic N) is 1. The highest BCUT2D eigenvalue weighted by atomic mass is 32.2. The first-order chi connectivity index (χ1) is 8.28. The second kappa shape index (κ2) is 5.58. The van der Waals surface area contributed by atoms with Crippen molar-refractivity contribution in [3.63, 3.8) is 0 Å². The van der Waals surface area contributed by atoms with E-state index in [1.54, 1.807) is 31.0 Å².